The van der Waals surface area contributed by atoms with Gasteiger partial charge >= 0.3 is 0 Å². The summed E-state index contributed by atoms with van der Waals surface area (Å²) in [6, 6.07) is 0. The van der Waals surface area contributed by atoms with Crippen molar-refractivity contribution >= 4 is 5.65 Å². The lowest BCUT2D eigenvalue weighted by Gasteiger charge is -2.06. The van der Waals surface area contributed by atoms with Crippen LogP contribution in [0.3, 0.4) is 0 Å². The van der Waals surface area contributed by atoms with Crippen molar-refractivity contribution < 1.29 is 0 Å². The first kappa shape index (κ1) is 11.1. The highest BCUT2D eigenvalue weighted by molar-refractivity contribution is 5.36. The predicted octanol–water partition coefficient (Wildman–Crippen LogP) is 1.86. The Labute approximate surface area is 95.7 Å². The SMILES string of the molecule is CC(C)CCNCc1cnc2cnccn12. The van der Waals surface area contributed by atoms with Crippen molar-refractivity contribution in [2.24, 2.45) is 5.92 Å². The molecule has 2 aromatic heterocycles. The lowest BCUT2D eigenvalue weighted by Crippen LogP contribution is -2.17. The highest BCUT2D eigenvalue weighted by Crippen LogP contribution is 2.04. The van der Waals surface area contributed by atoms with E-state index >= 15 is 0 Å². The summed E-state index contributed by atoms with van der Waals surface area (Å²) < 4.78 is 2.06. The molecule has 2 rings (SSSR count). The van der Waals surface area contributed by atoms with E-state index in [0.29, 0.717) is 0 Å². The van der Waals surface area contributed by atoms with Crippen LogP contribution in [0, 0.1) is 5.92 Å². The zero-order chi connectivity index (χ0) is 11.4. The lowest BCUT2D eigenvalue weighted by atomic mass is 10.1. The first-order valence-corrected chi connectivity index (χ1v) is 5.74. The quantitative estimate of drug-likeness (QED) is 0.779. The van der Waals surface area contributed by atoms with Crippen molar-refractivity contribution in [2.45, 2.75) is 26.8 Å². The summed E-state index contributed by atoms with van der Waals surface area (Å²) in [5, 5.41) is 3.43. The Morgan fingerprint density at radius 2 is 2.25 bits per heavy atom. The van der Waals surface area contributed by atoms with E-state index in [2.05, 4.69) is 33.5 Å². The van der Waals surface area contributed by atoms with Crippen LogP contribution in [0.4, 0.5) is 0 Å². The Balaban J connectivity index is 1.94. The Morgan fingerprint density at radius 3 is 3.06 bits per heavy atom. The summed E-state index contributed by atoms with van der Waals surface area (Å²) in [4.78, 5) is 8.34. The molecule has 0 aromatic carbocycles. The molecule has 1 N–H and O–H groups in total. The number of hydrogen-bond acceptors (Lipinski definition) is 3. The molecule has 0 aliphatic carbocycles. The zero-order valence-corrected chi connectivity index (χ0v) is 9.85. The fourth-order valence-electron chi connectivity index (χ4n) is 1.63. The molecule has 2 heterocycles. The molecule has 4 heteroatoms. The number of nitrogens with zero attached hydrogens (tertiary/aromatic N) is 3. The summed E-state index contributed by atoms with van der Waals surface area (Å²) in [7, 11) is 0. The van der Waals surface area contributed by atoms with E-state index in [1.807, 2.05) is 12.4 Å². The first-order valence-electron chi connectivity index (χ1n) is 5.74. The molecule has 0 aliphatic rings. The molecule has 0 spiro atoms. The first-order chi connectivity index (χ1) is 7.77. The monoisotopic (exact) mass is 218 g/mol. The summed E-state index contributed by atoms with van der Waals surface area (Å²) in [5.41, 5.74) is 2.09. The summed E-state index contributed by atoms with van der Waals surface area (Å²) in [5.74, 6) is 0.749. The van der Waals surface area contributed by atoms with Crippen LogP contribution in [-0.2, 0) is 6.54 Å². The van der Waals surface area contributed by atoms with Crippen molar-refractivity contribution in [2.75, 3.05) is 6.54 Å². The standard InChI is InChI=1S/C12H18N4/c1-10(2)3-4-13-7-11-8-15-12-9-14-5-6-16(11)12/h5-6,8-10,13H,3-4,7H2,1-2H3. The van der Waals surface area contributed by atoms with E-state index in [1.54, 1.807) is 12.4 Å². The van der Waals surface area contributed by atoms with E-state index in [9.17, 15) is 0 Å². The average molecular weight is 218 g/mol. The maximum Gasteiger partial charge on any atom is 0.155 e. The van der Waals surface area contributed by atoms with Crippen LogP contribution in [-0.4, -0.2) is 20.9 Å². The molecule has 0 radical (unpaired) electrons. The minimum Gasteiger partial charge on any atom is -0.311 e. The number of imidazole rings is 1. The molecule has 0 fully saturated rings. The van der Waals surface area contributed by atoms with Crippen molar-refractivity contribution in [1.29, 1.82) is 0 Å². The van der Waals surface area contributed by atoms with Crippen LogP contribution in [0.2, 0.25) is 0 Å². The second-order valence-corrected chi connectivity index (χ2v) is 4.41. The van der Waals surface area contributed by atoms with Crippen molar-refractivity contribution in [1.82, 2.24) is 19.7 Å². The van der Waals surface area contributed by atoms with E-state index < -0.39 is 0 Å². The summed E-state index contributed by atoms with van der Waals surface area (Å²) >= 11 is 0. The lowest BCUT2D eigenvalue weighted by molar-refractivity contribution is 0.534. The molecule has 4 nitrogen and oxygen atoms in total. The maximum atomic E-state index is 4.29. The largest absolute Gasteiger partial charge is 0.311 e. The van der Waals surface area contributed by atoms with E-state index in [1.165, 1.54) is 12.1 Å². The number of fused-ring (bicyclic) bond motifs is 1. The summed E-state index contributed by atoms with van der Waals surface area (Å²) in [6.07, 6.45) is 8.61. The molecule has 0 saturated heterocycles. The Morgan fingerprint density at radius 1 is 1.38 bits per heavy atom. The van der Waals surface area contributed by atoms with Crippen molar-refractivity contribution in [3.05, 3.63) is 30.5 Å². The molecule has 0 bridgehead atoms. The van der Waals surface area contributed by atoms with E-state index in [0.717, 1.165) is 24.7 Å². The van der Waals surface area contributed by atoms with Crippen LogP contribution in [0.25, 0.3) is 5.65 Å². The van der Waals surface area contributed by atoms with Gasteiger partial charge in [0.05, 0.1) is 18.1 Å². The Kier molecular flexibility index (Phi) is 3.51. The van der Waals surface area contributed by atoms with Gasteiger partial charge in [-0.15, -0.1) is 0 Å². The number of aromatic nitrogens is 3. The number of nitrogens with one attached hydrogen (secondary N) is 1. The Bertz CT molecular complexity index is 447. The van der Waals surface area contributed by atoms with Crippen LogP contribution in [0.5, 0.6) is 0 Å². The molecule has 0 unspecified atom stereocenters. The molecular weight excluding hydrogens is 200 g/mol. The molecule has 0 saturated carbocycles. The van der Waals surface area contributed by atoms with Gasteiger partial charge in [0.1, 0.15) is 0 Å². The van der Waals surface area contributed by atoms with Gasteiger partial charge in [-0.1, -0.05) is 13.8 Å². The fourth-order valence-corrected chi connectivity index (χ4v) is 1.63. The van der Waals surface area contributed by atoms with Crippen molar-refractivity contribution in [3.63, 3.8) is 0 Å². The molecule has 0 aliphatic heterocycles. The third-order valence-electron chi connectivity index (χ3n) is 2.60. The molecule has 2 aromatic rings. The van der Waals surface area contributed by atoms with Gasteiger partial charge < -0.3 is 5.32 Å². The topological polar surface area (TPSA) is 42.2 Å². The Hall–Kier alpha value is -1.42. The van der Waals surface area contributed by atoms with Gasteiger partial charge in [-0.25, -0.2) is 4.98 Å². The van der Waals surface area contributed by atoms with Crippen LogP contribution >= 0.6 is 0 Å². The number of rotatable bonds is 5. The van der Waals surface area contributed by atoms with E-state index in [4.69, 9.17) is 0 Å². The highest BCUT2D eigenvalue weighted by atomic mass is 15.0. The second-order valence-electron chi connectivity index (χ2n) is 4.41. The molecule has 86 valence electrons. The van der Waals surface area contributed by atoms with Crippen LogP contribution in [0.1, 0.15) is 26.0 Å². The zero-order valence-electron chi connectivity index (χ0n) is 9.85. The summed E-state index contributed by atoms with van der Waals surface area (Å²) in [6.45, 7) is 6.39. The minimum atomic E-state index is 0.749. The van der Waals surface area contributed by atoms with Gasteiger partial charge in [0.25, 0.3) is 0 Å². The van der Waals surface area contributed by atoms with Gasteiger partial charge in [0.15, 0.2) is 5.65 Å². The van der Waals surface area contributed by atoms with Gasteiger partial charge in [-0.05, 0) is 18.9 Å². The van der Waals surface area contributed by atoms with Gasteiger partial charge in [0, 0.05) is 18.9 Å². The molecule has 0 atom stereocenters. The van der Waals surface area contributed by atoms with Crippen molar-refractivity contribution in [3.8, 4) is 0 Å². The van der Waals surface area contributed by atoms with E-state index in [-0.39, 0.29) is 0 Å². The van der Waals surface area contributed by atoms with Gasteiger partial charge in [-0.3, -0.25) is 9.38 Å². The molecular formula is C12H18N4. The average Bonchev–Trinajstić information content (AvgIpc) is 2.68. The second kappa shape index (κ2) is 5.07. The smallest absolute Gasteiger partial charge is 0.155 e. The molecule has 0 amide bonds. The van der Waals surface area contributed by atoms with Crippen LogP contribution < -0.4 is 5.32 Å². The van der Waals surface area contributed by atoms with Gasteiger partial charge in [0.2, 0.25) is 0 Å². The number of hydrogen-bond donors (Lipinski definition) is 1. The fraction of sp³-hybridized carbons (Fsp3) is 0.500. The normalized spacial score (nSPS) is 11.4. The third kappa shape index (κ3) is 2.58. The highest BCUT2D eigenvalue weighted by Gasteiger charge is 2.01. The predicted molar refractivity (Wildman–Crippen MR) is 64.1 cm³/mol. The minimum absolute atomic E-state index is 0.749. The molecule has 16 heavy (non-hydrogen) atoms. The van der Waals surface area contributed by atoms with Gasteiger partial charge in [-0.2, -0.15) is 0 Å². The maximum absolute atomic E-state index is 4.29. The third-order valence-corrected chi connectivity index (χ3v) is 2.60. The van der Waals surface area contributed by atoms with Crippen LogP contribution in [0.15, 0.2) is 24.8 Å².